The van der Waals surface area contributed by atoms with Gasteiger partial charge >= 0.3 is 0 Å². The highest BCUT2D eigenvalue weighted by atomic mass is 32.2. The van der Waals surface area contributed by atoms with E-state index in [1.807, 2.05) is 50.2 Å². The molecule has 0 spiro atoms. The Kier molecular flexibility index (Phi) is 9.59. The SMILES string of the molecule is COc1c(CNC(=O)c2cc(C3CC3)nn2C)cccc1OCc1ccc(C(=O)N2CCN(S(=O)(=O)CC(C)C)CC2)cc1. The van der Waals surface area contributed by atoms with Gasteiger partial charge in [-0.05, 0) is 48.6 Å². The van der Waals surface area contributed by atoms with Crippen molar-refractivity contribution in [2.45, 2.75) is 45.8 Å². The maximum absolute atomic E-state index is 13.1. The maximum Gasteiger partial charge on any atom is 0.269 e. The molecular formula is C32H41N5O6S. The third kappa shape index (κ3) is 7.41. The number of nitrogens with zero attached hydrogens (tertiary/aromatic N) is 4. The molecule has 0 unspecified atom stereocenters. The zero-order chi connectivity index (χ0) is 31.4. The number of para-hydroxylation sites is 1. The van der Waals surface area contributed by atoms with Gasteiger partial charge < -0.3 is 19.7 Å². The van der Waals surface area contributed by atoms with Crippen molar-refractivity contribution in [1.29, 1.82) is 0 Å². The van der Waals surface area contributed by atoms with Gasteiger partial charge in [0.15, 0.2) is 11.5 Å². The number of amides is 2. The summed E-state index contributed by atoms with van der Waals surface area (Å²) in [5.74, 6) is 1.40. The smallest absolute Gasteiger partial charge is 0.269 e. The van der Waals surface area contributed by atoms with Crippen LogP contribution in [0.1, 0.15) is 70.3 Å². The number of aromatic nitrogens is 2. The van der Waals surface area contributed by atoms with Gasteiger partial charge in [-0.2, -0.15) is 9.40 Å². The van der Waals surface area contributed by atoms with Crippen LogP contribution in [0.4, 0.5) is 0 Å². The van der Waals surface area contributed by atoms with Crippen molar-refractivity contribution in [2.24, 2.45) is 13.0 Å². The van der Waals surface area contributed by atoms with Crippen LogP contribution in [0.15, 0.2) is 48.5 Å². The molecule has 3 aromatic rings. The fraction of sp³-hybridized carbons (Fsp3) is 0.469. The summed E-state index contributed by atoms with van der Waals surface area (Å²) in [7, 11) is 0.0377. The number of aryl methyl sites for hydroxylation is 1. The average Bonchev–Trinajstić information content (AvgIpc) is 3.79. The Labute approximate surface area is 259 Å². The van der Waals surface area contributed by atoms with E-state index in [4.69, 9.17) is 9.47 Å². The summed E-state index contributed by atoms with van der Waals surface area (Å²) in [6, 6.07) is 14.6. The number of sulfonamides is 1. The van der Waals surface area contributed by atoms with Crippen LogP contribution in [0, 0.1) is 5.92 Å². The molecule has 2 amide bonds. The lowest BCUT2D eigenvalue weighted by atomic mass is 10.1. The van der Waals surface area contributed by atoms with Crippen molar-refractivity contribution in [2.75, 3.05) is 39.0 Å². The Morgan fingerprint density at radius 1 is 1.05 bits per heavy atom. The van der Waals surface area contributed by atoms with Crippen molar-refractivity contribution in [1.82, 2.24) is 24.3 Å². The largest absolute Gasteiger partial charge is 0.493 e. The zero-order valence-corrected chi connectivity index (χ0v) is 26.6. The van der Waals surface area contributed by atoms with Crippen LogP contribution in [0.2, 0.25) is 0 Å². The number of hydrogen-bond donors (Lipinski definition) is 1. The number of methoxy groups -OCH3 is 1. The fourth-order valence-electron chi connectivity index (χ4n) is 5.38. The molecule has 12 heteroatoms. The summed E-state index contributed by atoms with van der Waals surface area (Å²) in [6.45, 7) is 5.63. The van der Waals surface area contributed by atoms with Crippen LogP contribution in [0.3, 0.4) is 0 Å². The van der Waals surface area contributed by atoms with E-state index < -0.39 is 10.0 Å². The van der Waals surface area contributed by atoms with E-state index >= 15 is 0 Å². The predicted octanol–water partition coefficient (Wildman–Crippen LogP) is 3.56. The predicted molar refractivity (Wildman–Crippen MR) is 166 cm³/mol. The van der Waals surface area contributed by atoms with Crippen LogP contribution < -0.4 is 14.8 Å². The summed E-state index contributed by atoms with van der Waals surface area (Å²) in [4.78, 5) is 27.6. The Hall–Kier alpha value is -3.90. The number of ether oxygens (including phenoxy) is 2. The number of benzene rings is 2. The van der Waals surface area contributed by atoms with Crippen molar-refractivity contribution in [3.05, 3.63) is 76.6 Å². The first-order valence-corrected chi connectivity index (χ1v) is 16.6. The first-order chi connectivity index (χ1) is 21.1. The third-order valence-electron chi connectivity index (χ3n) is 7.89. The number of rotatable bonds is 12. The van der Waals surface area contributed by atoms with Gasteiger partial charge in [0, 0.05) is 56.8 Å². The molecule has 0 atom stereocenters. The van der Waals surface area contributed by atoms with Gasteiger partial charge in [-0.15, -0.1) is 0 Å². The minimum absolute atomic E-state index is 0.0535. The van der Waals surface area contributed by atoms with E-state index in [2.05, 4.69) is 10.4 Å². The molecule has 0 bridgehead atoms. The number of piperazine rings is 1. The highest BCUT2D eigenvalue weighted by molar-refractivity contribution is 7.89. The monoisotopic (exact) mass is 623 g/mol. The van der Waals surface area contributed by atoms with Gasteiger partial charge in [0.25, 0.3) is 11.8 Å². The van der Waals surface area contributed by atoms with E-state index in [-0.39, 0.29) is 36.6 Å². The molecule has 2 aromatic carbocycles. The molecule has 1 aliphatic heterocycles. The van der Waals surface area contributed by atoms with E-state index in [9.17, 15) is 18.0 Å². The number of hydrogen-bond acceptors (Lipinski definition) is 7. The lowest BCUT2D eigenvalue weighted by Gasteiger charge is -2.34. The van der Waals surface area contributed by atoms with Gasteiger partial charge in [0.05, 0.1) is 18.6 Å². The van der Waals surface area contributed by atoms with E-state index in [1.165, 1.54) is 4.31 Å². The second-order valence-corrected chi connectivity index (χ2v) is 13.8. The summed E-state index contributed by atoms with van der Waals surface area (Å²) >= 11 is 0. The molecule has 1 saturated heterocycles. The molecule has 11 nitrogen and oxygen atoms in total. The van der Waals surface area contributed by atoms with E-state index in [0.717, 1.165) is 29.7 Å². The van der Waals surface area contributed by atoms with Crippen molar-refractivity contribution >= 4 is 21.8 Å². The quantitative estimate of drug-likeness (QED) is 0.327. The Balaban J connectivity index is 1.15. The molecule has 2 heterocycles. The van der Waals surface area contributed by atoms with Crippen molar-refractivity contribution in [3.63, 3.8) is 0 Å². The molecule has 1 N–H and O–H groups in total. The molecule has 44 heavy (non-hydrogen) atoms. The Bertz CT molecular complexity index is 1590. The molecule has 5 rings (SSSR count). The molecule has 2 fully saturated rings. The highest BCUT2D eigenvalue weighted by Gasteiger charge is 2.30. The van der Waals surface area contributed by atoms with Crippen LogP contribution in [-0.4, -0.2) is 78.3 Å². The minimum Gasteiger partial charge on any atom is -0.493 e. The maximum atomic E-state index is 13.1. The summed E-state index contributed by atoms with van der Waals surface area (Å²) < 4.78 is 39.9. The second kappa shape index (κ2) is 13.4. The van der Waals surface area contributed by atoms with Crippen LogP contribution in [0.25, 0.3) is 0 Å². The summed E-state index contributed by atoms with van der Waals surface area (Å²) in [6.07, 6.45) is 2.24. The third-order valence-corrected chi connectivity index (χ3v) is 10.1. The molecule has 1 saturated carbocycles. The van der Waals surface area contributed by atoms with E-state index in [1.54, 1.807) is 35.9 Å². The first-order valence-electron chi connectivity index (χ1n) is 15.0. The number of nitrogens with one attached hydrogen (secondary N) is 1. The van der Waals surface area contributed by atoms with Gasteiger partial charge in [0.1, 0.15) is 12.3 Å². The van der Waals surface area contributed by atoms with E-state index in [0.29, 0.717) is 54.9 Å². The highest BCUT2D eigenvalue weighted by Crippen LogP contribution is 2.39. The molecule has 1 aromatic heterocycles. The summed E-state index contributed by atoms with van der Waals surface area (Å²) in [5.41, 5.74) is 3.68. The molecule has 2 aliphatic rings. The fourth-order valence-corrected chi connectivity index (χ4v) is 7.15. The topological polar surface area (TPSA) is 123 Å². The first kappa shape index (κ1) is 31.5. The number of carbonyl (C=O) groups excluding carboxylic acids is 2. The van der Waals surface area contributed by atoms with Gasteiger partial charge in [-0.1, -0.05) is 38.1 Å². The van der Waals surface area contributed by atoms with Gasteiger partial charge in [-0.25, -0.2) is 8.42 Å². The minimum atomic E-state index is -3.31. The van der Waals surface area contributed by atoms with Crippen molar-refractivity contribution in [3.8, 4) is 11.5 Å². The van der Waals surface area contributed by atoms with Gasteiger partial charge in [-0.3, -0.25) is 14.3 Å². The number of carbonyl (C=O) groups is 2. The average molecular weight is 624 g/mol. The normalized spacial score (nSPS) is 15.8. The lowest BCUT2D eigenvalue weighted by Crippen LogP contribution is -2.51. The van der Waals surface area contributed by atoms with Gasteiger partial charge in [0.2, 0.25) is 10.0 Å². The van der Waals surface area contributed by atoms with Crippen LogP contribution >= 0.6 is 0 Å². The Morgan fingerprint density at radius 3 is 2.39 bits per heavy atom. The molecule has 1 aliphatic carbocycles. The second-order valence-electron chi connectivity index (χ2n) is 11.8. The standard InChI is InChI=1S/C32H41N5O6S/c1-22(2)21-44(40,41)37-16-14-36(15-17-37)32(39)25-10-8-23(9-11-25)20-43-29-7-5-6-26(30(29)42-4)19-33-31(38)28-18-27(24-12-13-24)34-35(28)3/h5-11,18,22,24H,12-17,19-21H2,1-4H3,(H,33,38). The van der Waals surface area contributed by atoms with Crippen LogP contribution in [0.5, 0.6) is 11.5 Å². The molecular weight excluding hydrogens is 582 g/mol. The summed E-state index contributed by atoms with van der Waals surface area (Å²) in [5, 5.41) is 7.44. The molecule has 236 valence electrons. The zero-order valence-electron chi connectivity index (χ0n) is 25.8. The molecule has 0 radical (unpaired) electrons. The van der Waals surface area contributed by atoms with Crippen LogP contribution in [-0.2, 0) is 30.2 Å². The van der Waals surface area contributed by atoms with Crippen molar-refractivity contribution < 1.29 is 27.5 Å². The lowest BCUT2D eigenvalue weighted by molar-refractivity contribution is 0.0697. The Morgan fingerprint density at radius 2 is 1.75 bits per heavy atom.